The SMILES string of the molecule is C.CCC(c1c[nH]c2cc(F)ccc12)C1CCCN1C(=O)OC(C)(C)C. The summed E-state index contributed by atoms with van der Waals surface area (Å²) in [7, 11) is 0. The Kier molecular flexibility index (Phi) is 5.99. The minimum atomic E-state index is -0.496. The van der Waals surface area contributed by atoms with E-state index in [1.165, 1.54) is 12.1 Å². The van der Waals surface area contributed by atoms with Gasteiger partial charge in [0.05, 0.1) is 0 Å². The van der Waals surface area contributed by atoms with Crippen LogP contribution in [-0.2, 0) is 4.74 Å². The fourth-order valence-corrected chi connectivity index (χ4v) is 3.88. The van der Waals surface area contributed by atoms with Crippen molar-refractivity contribution < 1.29 is 13.9 Å². The number of carbonyl (C=O) groups excluding carboxylic acids is 1. The molecule has 1 fully saturated rings. The van der Waals surface area contributed by atoms with Crippen LogP contribution in [0.1, 0.15) is 65.9 Å². The van der Waals surface area contributed by atoms with Gasteiger partial charge in [0.15, 0.2) is 0 Å². The molecule has 2 unspecified atom stereocenters. The lowest BCUT2D eigenvalue weighted by atomic mass is 9.87. The Morgan fingerprint density at radius 3 is 2.81 bits per heavy atom. The molecule has 2 heterocycles. The third-order valence-electron chi connectivity index (χ3n) is 4.91. The molecule has 1 saturated heterocycles. The van der Waals surface area contributed by atoms with Crippen molar-refractivity contribution in [2.24, 2.45) is 0 Å². The first-order valence-electron chi connectivity index (χ1n) is 9.06. The molecule has 144 valence electrons. The molecular formula is C21H31FN2O2. The fraction of sp³-hybridized carbons (Fsp3) is 0.571. The molecule has 0 radical (unpaired) electrons. The molecule has 26 heavy (non-hydrogen) atoms. The summed E-state index contributed by atoms with van der Waals surface area (Å²) < 4.78 is 19.1. The summed E-state index contributed by atoms with van der Waals surface area (Å²) in [5.41, 5.74) is 1.46. The normalized spacial score (nSPS) is 18.7. The molecule has 0 aliphatic carbocycles. The molecular weight excluding hydrogens is 331 g/mol. The van der Waals surface area contributed by atoms with Crippen LogP contribution in [0, 0.1) is 5.82 Å². The van der Waals surface area contributed by atoms with Crippen LogP contribution in [0.3, 0.4) is 0 Å². The smallest absolute Gasteiger partial charge is 0.410 e. The number of H-pyrrole nitrogens is 1. The summed E-state index contributed by atoms with van der Waals surface area (Å²) in [6.45, 7) is 8.54. The number of ether oxygens (including phenoxy) is 1. The van der Waals surface area contributed by atoms with Crippen LogP contribution in [-0.4, -0.2) is 34.2 Å². The van der Waals surface area contributed by atoms with Crippen molar-refractivity contribution in [2.45, 2.75) is 71.9 Å². The van der Waals surface area contributed by atoms with Crippen LogP contribution in [0.15, 0.2) is 24.4 Å². The minimum absolute atomic E-state index is 0. The lowest BCUT2D eigenvalue weighted by Crippen LogP contribution is -2.42. The maximum Gasteiger partial charge on any atom is 0.410 e. The maximum absolute atomic E-state index is 13.5. The molecule has 1 aromatic heterocycles. The summed E-state index contributed by atoms with van der Waals surface area (Å²) in [6.07, 6.45) is 4.58. The second kappa shape index (κ2) is 7.68. The molecule has 4 nitrogen and oxygen atoms in total. The van der Waals surface area contributed by atoms with Crippen LogP contribution in [0.25, 0.3) is 10.9 Å². The van der Waals surface area contributed by atoms with E-state index in [9.17, 15) is 9.18 Å². The highest BCUT2D eigenvalue weighted by Crippen LogP contribution is 2.37. The van der Waals surface area contributed by atoms with Crippen molar-refractivity contribution in [3.63, 3.8) is 0 Å². The summed E-state index contributed by atoms with van der Waals surface area (Å²) in [6, 6.07) is 4.95. The monoisotopic (exact) mass is 362 g/mol. The minimum Gasteiger partial charge on any atom is -0.444 e. The third kappa shape index (κ3) is 4.02. The van der Waals surface area contributed by atoms with Crippen LogP contribution in [0.2, 0.25) is 0 Å². The van der Waals surface area contributed by atoms with Gasteiger partial charge in [-0.3, -0.25) is 0 Å². The largest absolute Gasteiger partial charge is 0.444 e. The standard InChI is InChI=1S/C20H27FN2O2.CH4/c1-5-14(16-12-22-17-11-13(21)8-9-15(16)17)18-7-6-10-23(18)19(24)25-20(2,3)4;/h8-9,11-12,14,18,22H,5-7,10H2,1-4H3;1H4. The van der Waals surface area contributed by atoms with Gasteiger partial charge in [0, 0.05) is 35.6 Å². The average Bonchev–Trinajstić information content (AvgIpc) is 3.14. The second-order valence-corrected chi connectivity index (χ2v) is 7.83. The first kappa shape index (κ1) is 20.3. The number of aromatic nitrogens is 1. The van der Waals surface area contributed by atoms with E-state index in [4.69, 9.17) is 4.74 Å². The van der Waals surface area contributed by atoms with E-state index in [0.29, 0.717) is 0 Å². The Morgan fingerprint density at radius 1 is 1.42 bits per heavy atom. The number of carbonyl (C=O) groups is 1. The number of benzene rings is 1. The number of rotatable bonds is 3. The van der Waals surface area contributed by atoms with Crippen molar-refractivity contribution in [3.8, 4) is 0 Å². The molecule has 1 aliphatic rings. The van der Waals surface area contributed by atoms with E-state index in [0.717, 1.165) is 42.3 Å². The lowest BCUT2D eigenvalue weighted by Gasteiger charge is -2.33. The summed E-state index contributed by atoms with van der Waals surface area (Å²) >= 11 is 0. The Hall–Kier alpha value is -2.04. The number of hydrogen-bond acceptors (Lipinski definition) is 2. The molecule has 0 bridgehead atoms. The van der Waals surface area contributed by atoms with Gasteiger partial charge in [-0.1, -0.05) is 14.4 Å². The van der Waals surface area contributed by atoms with E-state index < -0.39 is 5.60 Å². The van der Waals surface area contributed by atoms with Crippen LogP contribution in [0.5, 0.6) is 0 Å². The van der Waals surface area contributed by atoms with Crippen molar-refractivity contribution in [1.82, 2.24) is 9.88 Å². The fourth-order valence-electron chi connectivity index (χ4n) is 3.88. The first-order chi connectivity index (χ1) is 11.8. The lowest BCUT2D eigenvalue weighted by molar-refractivity contribution is 0.0204. The quantitative estimate of drug-likeness (QED) is 0.746. The number of nitrogens with one attached hydrogen (secondary N) is 1. The Morgan fingerprint density at radius 2 is 2.15 bits per heavy atom. The van der Waals surface area contributed by atoms with Gasteiger partial charge in [0.1, 0.15) is 11.4 Å². The molecule has 2 atom stereocenters. The Labute approximate surface area is 155 Å². The summed E-state index contributed by atoms with van der Waals surface area (Å²) in [5, 5.41) is 1.03. The third-order valence-corrected chi connectivity index (χ3v) is 4.91. The van der Waals surface area contributed by atoms with Crippen molar-refractivity contribution in [1.29, 1.82) is 0 Å². The van der Waals surface area contributed by atoms with Gasteiger partial charge in [-0.25, -0.2) is 9.18 Å². The number of halogens is 1. The average molecular weight is 362 g/mol. The van der Waals surface area contributed by atoms with Crippen molar-refractivity contribution >= 4 is 17.0 Å². The number of fused-ring (bicyclic) bond motifs is 1. The van der Waals surface area contributed by atoms with Crippen molar-refractivity contribution in [3.05, 3.63) is 35.8 Å². The predicted octanol–water partition coefficient (Wildman–Crippen LogP) is 5.84. The van der Waals surface area contributed by atoms with E-state index in [-0.39, 0.29) is 31.3 Å². The predicted molar refractivity (Wildman–Crippen MR) is 104 cm³/mol. The van der Waals surface area contributed by atoms with Gasteiger partial charge in [0.2, 0.25) is 0 Å². The van der Waals surface area contributed by atoms with E-state index in [1.807, 2.05) is 37.9 Å². The van der Waals surface area contributed by atoms with E-state index in [1.54, 1.807) is 0 Å². The molecule has 2 aromatic rings. The zero-order valence-electron chi connectivity index (χ0n) is 15.4. The van der Waals surface area contributed by atoms with Gasteiger partial charge < -0.3 is 14.6 Å². The second-order valence-electron chi connectivity index (χ2n) is 7.83. The molecule has 3 rings (SSSR count). The number of hydrogen-bond donors (Lipinski definition) is 1. The number of likely N-dealkylation sites (tertiary alicyclic amines) is 1. The molecule has 1 amide bonds. The Balaban J connectivity index is 0.00000243. The van der Waals surface area contributed by atoms with Gasteiger partial charge in [-0.05, 0) is 63.8 Å². The summed E-state index contributed by atoms with van der Waals surface area (Å²) in [4.78, 5) is 17.7. The van der Waals surface area contributed by atoms with Crippen LogP contribution >= 0.6 is 0 Å². The molecule has 1 aromatic carbocycles. The number of nitrogens with zero attached hydrogens (tertiary/aromatic N) is 1. The number of amides is 1. The van der Waals surface area contributed by atoms with Crippen molar-refractivity contribution in [2.75, 3.05) is 6.54 Å². The van der Waals surface area contributed by atoms with Crippen LogP contribution in [0.4, 0.5) is 9.18 Å². The topological polar surface area (TPSA) is 45.3 Å². The molecule has 0 spiro atoms. The molecule has 1 aliphatic heterocycles. The first-order valence-corrected chi connectivity index (χ1v) is 9.06. The zero-order chi connectivity index (χ0) is 18.2. The summed E-state index contributed by atoms with van der Waals surface area (Å²) in [5.74, 6) is -0.0422. The van der Waals surface area contributed by atoms with Gasteiger partial charge in [-0.15, -0.1) is 0 Å². The highest BCUT2D eigenvalue weighted by Gasteiger charge is 2.37. The number of aromatic amines is 1. The molecule has 0 saturated carbocycles. The van der Waals surface area contributed by atoms with E-state index >= 15 is 0 Å². The van der Waals surface area contributed by atoms with E-state index in [2.05, 4.69) is 11.9 Å². The Bertz CT molecular complexity index is 763. The highest BCUT2D eigenvalue weighted by molar-refractivity contribution is 5.84. The van der Waals surface area contributed by atoms with Crippen LogP contribution < -0.4 is 0 Å². The molecule has 5 heteroatoms. The zero-order valence-corrected chi connectivity index (χ0v) is 15.4. The van der Waals surface area contributed by atoms with Gasteiger partial charge in [-0.2, -0.15) is 0 Å². The van der Waals surface area contributed by atoms with Gasteiger partial charge >= 0.3 is 6.09 Å². The highest BCUT2D eigenvalue weighted by atomic mass is 19.1. The molecule has 1 N–H and O–H groups in total. The maximum atomic E-state index is 13.5. The van der Waals surface area contributed by atoms with Gasteiger partial charge in [0.25, 0.3) is 0 Å².